The highest BCUT2D eigenvalue weighted by atomic mass is 35.5. The molecule has 92 valence electrons. The number of nitrogens with one attached hydrogen (secondary N) is 1. The predicted molar refractivity (Wildman–Crippen MR) is 61.7 cm³/mol. The lowest BCUT2D eigenvalue weighted by atomic mass is 10.1. The first-order valence-corrected chi connectivity index (χ1v) is 5.45. The molecule has 1 aromatic carbocycles. The molecule has 0 bridgehead atoms. The SMILES string of the molecule is CCOC(=O)c1c(F)cccc1NC(=O)CCl. The summed E-state index contributed by atoms with van der Waals surface area (Å²) in [5.41, 5.74) is -0.248. The second-order valence-electron chi connectivity index (χ2n) is 3.06. The van der Waals surface area contributed by atoms with Crippen LogP contribution >= 0.6 is 11.6 Å². The van der Waals surface area contributed by atoms with Crippen molar-refractivity contribution in [3.05, 3.63) is 29.6 Å². The van der Waals surface area contributed by atoms with E-state index in [2.05, 4.69) is 5.32 Å². The molecule has 17 heavy (non-hydrogen) atoms. The van der Waals surface area contributed by atoms with Gasteiger partial charge in [0.25, 0.3) is 0 Å². The van der Waals surface area contributed by atoms with E-state index in [9.17, 15) is 14.0 Å². The van der Waals surface area contributed by atoms with Crippen LogP contribution in [0.4, 0.5) is 10.1 Å². The van der Waals surface area contributed by atoms with Crippen LogP contribution in [-0.4, -0.2) is 24.4 Å². The Hall–Kier alpha value is -1.62. The maximum atomic E-state index is 13.5. The molecule has 0 aromatic heterocycles. The Morgan fingerprint density at radius 2 is 2.18 bits per heavy atom. The van der Waals surface area contributed by atoms with E-state index in [1.165, 1.54) is 12.1 Å². The van der Waals surface area contributed by atoms with E-state index in [4.69, 9.17) is 16.3 Å². The molecule has 0 unspecified atom stereocenters. The van der Waals surface area contributed by atoms with Crippen LogP contribution < -0.4 is 5.32 Å². The summed E-state index contributed by atoms with van der Waals surface area (Å²) in [4.78, 5) is 22.6. The number of halogens is 2. The van der Waals surface area contributed by atoms with Crippen LogP contribution in [0.2, 0.25) is 0 Å². The Kier molecular flexibility index (Phi) is 4.90. The van der Waals surface area contributed by atoms with Crippen LogP contribution in [-0.2, 0) is 9.53 Å². The van der Waals surface area contributed by atoms with E-state index < -0.39 is 17.7 Å². The van der Waals surface area contributed by atoms with E-state index >= 15 is 0 Å². The Labute approximate surface area is 103 Å². The summed E-state index contributed by atoms with van der Waals surface area (Å²) in [6.07, 6.45) is 0. The van der Waals surface area contributed by atoms with Gasteiger partial charge in [-0.05, 0) is 19.1 Å². The minimum atomic E-state index is -0.824. The second-order valence-corrected chi connectivity index (χ2v) is 3.33. The molecule has 0 atom stereocenters. The minimum Gasteiger partial charge on any atom is -0.462 e. The topological polar surface area (TPSA) is 55.4 Å². The molecule has 6 heteroatoms. The van der Waals surface area contributed by atoms with E-state index in [1.807, 2.05) is 0 Å². The van der Waals surface area contributed by atoms with Crippen molar-refractivity contribution in [1.29, 1.82) is 0 Å². The molecule has 0 spiro atoms. The molecule has 0 saturated carbocycles. The number of carbonyl (C=O) groups excluding carboxylic acids is 2. The molecule has 0 heterocycles. The molecule has 0 saturated heterocycles. The number of carbonyl (C=O) groups is 2. The molecular formula is C11H11ClFNO3. The van der Waals surface area contributed by atoms with Gasteiger partial charge in [-0.2, -0.15) is 0 Å². The third-order valence-electron chi connectivity index (χ3n) is 1.89. The van der Waals surface area contributed by atoms with Crippen LogP contribution in [0, 0.1) is 5.82 Å². The van der Waals surface area contributed by atoms with Crippen LogP contribution in [0.15, 0.2) is 18.2 Å². The lowest BCUT2D eigenvalue weighted by Crippen LogP contribution is -2.17. The van der Waals surface area contributed by atoms with Gasteiger partial charge in [0.15, 0.2) is 0 Å². The Balaban J connectivity index is 3.08. The van der Waals surface area contributed by atoms with E-state index in [0.29, 0.717) is 0 Å². The minimum absolute atomic E-state index is 0.0501. The van der Waals surface area contributed by atoms with Gasteiger partial charge in [0, 0.05) is 0 Å². The fraction of sp³-hybridized carbons (Fsp3) is 0.273. The smallest absolute Gasteiger partial charge is 0.343 e. The van der Waals surface area contributed by atoms with Crippen LogP contribution in [0.25, 0.3) is 0 Å². The van der Waals surface area contributed by atoms with Gasteiger partial charge >= 0.3 is 5.97 Å². The first-order valence-electron chi connectivity index (χ1n) is 4.91. The largest absolute Gasteiger partial charge is 0.462 e. The average molecular weight is 260 g/mol. The van der Waals surface area contributed by atoms with Gasteiger partial charge < -0.3 is 10.1 Å². The summed E-state index contributed by atoms with van der Waals surface area (Å²) in [5.74, 6) is -2.38. The molecule has 1 rings (SSSR count). The first kappa shape index (κ1) is 13.4. The molecule has 0 radical (unpaired) electrons. The molecule has 0 aliphatic rings. The Bertz CT molecular complexity index is 437. The van der Waals surface area contributed by atoms with Gasteiger partial charge in [-0.25, -0.2) is 9.18 Å². The normalized spacial score (nSPS) is 9.82. The number of hydrogen-bond acceptors (Lipinski definition) is 3. The summed E-state index contributed by atoms with van der Waals surface area (Å²) in [7, 11) is 0. The van der Waals surface area contributed by atoms with Gasteiger partial charge in [-0.3, -0.25) is 4.79 Å². The summed E-state index contributed by atoms with van der Waals surface area (Å²) in [5, 5.41) is 2.33. The predicted octanol–water partition coefficient (Wildman–Crippen LogP) is 2.18. The summed E-state index contributed by atoms with van der Waals surface area (Å²) >= 11 is 5.31. The maximum Gasteiger partial charge on any atom is 0.343 e. The number of benzene rings is 1. The van der Waals surface area contributed by atoms with Gasteiger partial charge in [0.2, 0.25) is 5.91 Å². The number of esters is 1. The average Bonchev–Trinajstić information content (AvgIpc) is 2.29. The molecule has 4 nitrogen and oxygen atoms in total. The van der Waals surface area contributed by atoms with Crippen molar-refractivity contribution in [1.82, 2.24) is 0 Å². The molecule has 1 N–H and O–H groups in total. The lowest BCUT2D eigenvalue weighted by Gasteiger charge is -2.10. The second kappa shape index (κ2) is 6.20. The van der Waals surface area contributed by atoms with E-state index in [0.717, 1.165) is 6.07 Å². The third kappa shape index (κ3) is 3.42. The molecule has 1 amide bonds. The van der Waals surface area contributed by atoms with Crippen molar-refractivity contribution in [3.8, 4) is 0 Å². The fourth-order valence-electron chi connectivity index (χ4n) is 1.22. The highest BCUT2D eigenvalue weighted by Gasteiger charge is 2.18. The summed E-state index contributed by atoms with van der Waals surface area (Å²) in [6.45, 7) is 1.73. The zero-order valence-corrected chi connectivity index (χ0v) is 9.88. The van der Waals surface area contributed by atoms with Gasteiger partial charge in [0.05, 0.1) is 12.3 Å². The quantitative estimate of drug-likeness (QED) is 0.666. The fourth-order valence-corrected chi connectivity index (χ4v) is 1.29. The molecular weight excluding hydrogens is 249 g/mol. The zero-order chi connectivity index (χ0) is 12.8. The molecule has 0 fully saturated rings. The van der Waals surface area contributed by atoms with Crippen molar-refractivity contribution in [2.45, 2.75) is 6.92 Å². The maximum absolute atomic E-state index is 13.5. The van der Waals surface area contributed by atoms with E-state index in [1.54, 1.807) is 6.92 Å². The number of rotatable bonds is 4. The Morgan fingerprint density at radius 3 is 2.76 bits per heavy atom. The van der Waals surface area contributed by atoms with Crippen LogP contribution in [0.5, 0.6) is 0 Å². The van der Waals surface area contributed by atoms with E-state index in [-0.39, 0.29) is 23.7 Å². The van der Waals surface area contributed by atoms with Crippen molar-refractivity contribution in [2.75, 3.05) is 17.8 Å². The number of anilines is 1. The monoisotopic (exact) mass is 259 g/mol. The highest BCUT2D eigenvalue weighted by molar-refractivity contribution is 6.29. The van der Waals surface area contributed by atoms with Crippen LogP contribution in [0.3, 0.4) is 0 Å². The van der Waals surface area contributed by atoms with Crippen molar-refractivity contribution < 1.29 is 18.7 Å². The number of ether oxygens (including phenoxy) is 1. The first-order chi connectivity index (χ1) is 8.10. The standard InChI is InChI=1S/C11H11ClFNO3/c1-2-17-11(16)10-7(13)4-3-5-8(10)14-9(15)6-12/h3-5H,2,6H2,1H3,(H,14,15). The number of alkyl halides is 1. The van der Waals surface area contributed by atoms with Crippen molar-refractivity contribution in [2.24, 2.45) is 0 Å². The van der Waals surface area contributed by atoms with Gasteiger partial charge in [-0.1, -0.05) is 6.07 Å². The molecule has 0 aliphatic heterocycles. The van der Waals surface area contributed by atoms with Gasteiger partial charge in [0.1, 0.15) is 17.3 Å². The number of amides is 1. The van der Waals surface area contributed by atoms with Gasteiger partial charge in [-0.15, -0.1) is 11.6 Å². The summed E-state index contributed by atoms with van der Waals surface area (Å²) < 4.78 is 18.2. The molecule has 0 aliphatic carbocycles. The number of hydrogen-bond donors (Lipinski definition) is 1. The highest BCUT2D eigenvalue weighted by Crippen LogP contribution is 2.20. The zero-order valence-electron chi connectivity index (χ0n) is 9.13. The van der Waals surface area contributed by atoms with Crippen molar-refractivity contribution in [3.63, 3.8) is 0 Å². The lowest BCUT2D eigenvalue weighted by molar-refractivity contribution is -0.113. The van der Waals surface area contributed by atoms with Crippen molar-refractivity contribution >= 4 is 29.2 Å². The molecule has 1 aromatic rings. The van der Waals surface area contributed by atoms with Crippen LogP contribution in [0.1, 0.15) is 17.3 Å². The third-order valence-corrected chi connectivity index (χ3v) is 2.13. The Morgan fingerprint density at radius 1 is 1.47 bits per heavy atom. The summed E-state index contributed by atoms with van der Waals surface area (Å²) in [6, 6.07) is 3.89.